The molecule has 1 unspecified atom stereocenters. The second-order valence-corrected chi connectivity index (χ2v) is 14.9. The van der Waals surface area contributed by atoms with E-state index in [1.54, 1.807) is 0 Å². The lowest BCUT2D eigenvalue weighted by Gasteiger charge is -2.46. The summed E-state index contributed by atoms with van der Waals surface area (Å²) in [5.74, 6) is 0.195. The fourth-order valence-electron chi connectivity index (χ4n) is 3.77. The van der Waals surface area contributed by atoms with Gasteiger partial charge in [-0.15, -0.1) is 0 Å². The lowest BCUT2D eigenvalue weighted by atomic mass is 9.65. The fraction of sp³-hybridized carbons (Fsp3) is 0.739. The minimum absolute atomic E-state index is 0.0801. The first kappa shape index (κ1) is 22.6. The molecule has 0 bridgehead atoms. The van der Waals surface area contributed by atoms with Gasteiger partial charge in [-0.1, -0.05) is 64.4 Å². The summed E-state index contributed by atoms with van der Waals surface area (Å²) in [6, 6.07) is 10.3. The summed E-state index contributed by atoms with van der Waals surface area (Å²) in [7, 11) is -1.81. The van der Waals surface area contributed by atoms with Crippen LogP contribution < -0.4 is 0 Å². The second kappa shape index (κ2) is 9.21. The summed E-state index contributed by atoms with van der Waals surface area (Å²) in [5.41, 5.74) is 1.29. The van der Waals surface area contributed by atoms with Crippen molar-refractivity contribution in [3.8, 4) is 0 Å². The Hall–Kier alpha value is -0.683. The van der Waals surface area contributed by atoms with Crippen molar-refractivity contribution >= 4 is 8.32 Å². The fourth-order valence-corrected chi connectivity index (χ4v) is 4.80. The van der Waals surface area contributed by atoms with Gasteiger partial charge >= 0.3 is 0 Å². The molecule has 1 saturated carbocycles. The van der Waals surface area contributed by atoms with Crippen LogP contribution in [0.3, 0.4) is 0 Å². The van der Waals surface area contributed by atoms with Crippen molar-refractivity contribution in [3.05, 3.63) is 35.9 Å². The number of aliphatic hydroxyl groups excluding tert-OH is 1. The first-order valence-corrected chi connectivity index (χ1v) is 13.4. The van der Waals surface area contributed by atoms with Gasteiger partial charge in [-0.25, -0.2) is 0 Å². The minimum atomic E-state index is -1.81. The van der Waals surface area contributed by atoms with E-state index in [-0.39, 0.29) is 22.5 Å². The normalized spacial score (nSPS) is 26.9. The van der Waals surface area contributed by atoms with E-state index in [2.05, 4.69) is 52.9 Å². The van der Waals surface area contributed by atoms with Crippen LogP contribution in [0.4, 0.5) is 0 Å². The van der Waals surface area contributed by atoms with E-state index in [1.807, 2.05) is 18.2 Å². The quantitative estimate of drug-likeness (QED) is 0.450. The first-order chi connectivity index (χ1) is 12.6. The summed E-state index contributed by atoms with van der Waals surface area (Å²) in [6.45, 7) is 15.8. The van der Waals surface area contributed by atoms with Crippen LogP contribution in [-0.2, 0) is 15.8 Å². The van der Waals surface area contributed by atoms with E-state index in [9.17, 15) is 5.11 Å². The van der Waals surface area contributed by atoms with Gasteiger partial charge in [0.2, 0.25) is 0 Å². The number of rotatable bonds is 8. The van der Waals surface area contributed by atoms with Crippen molar-refractivity contribution in [1.82, 2.24) is 0 Å². The average molecular weight is 393 g/mol. The lowest BCUT2D eigenvalue weighted by Crippen LogP contribution is -2.48. The van der Waals surface area contributed by atoms with E-state index in [0.717, 1.165) is 32.3 Å². The van der Waals surface area contributed by atoms with Gasteiger partial charge in [0.1, 0.15) is 0 Å². The highest BCUT2D eigenvalue weighted by molar-refractivity contribution is 6.74. The Morgan fingerprint density at radius 1 is 1.19 bits per heavy atom. The molecule has 3 nitrogen and oxygen atoms in total. The first-order valence-electron chi connectivity index (χ1n) is 10.5. The average Bonchev–Trinajstić information content (AvgIpc) is 2.58. The van der Waals surface area contributed by atoms with Gasteiger partial charge in [-0.2, -0.15) is 0 Å². The van der Waals surface area contributed by atoms with Crippen LogP contribution in [0.1, 0.15) is 58.9 Å². The molecule has 0 heterocycles. The molecule has 1 N–H and O–H groups in total. The maximum atomic E-state index is 10.7. The molecule has 3 atom stereocenters. The van der Waals surface area contributed by atoms with Crippen molar-refractivity contribution < 1.29 is 14.3 Å². The van der Waals surface area contributed by atoms with Gasteiger partial charge in [0.15, 0.2) is 8.32 Å². The molecule has 27 heavy (non-hydrogen) atoms. The van der Waals surface area contributed by atoms with Gasteiger partial charge in [0.25, 0.3) is 0 Å². The second-order valence-electron chi connectivity index (χ2n) is 10.1. The predicted octanol–water partition coefficient (Wildman–Crippen LogP) is 5.78. The van der Waals surface area contributed by atoms with Crippen molar-refractivity contribution in [2.45, 2.75) is 84.2 Å². The number of hydrogen-bond donors (Lipinski definition) is 1. The largest absolute Gasteiger partial charge is 0.416 e. The Kier molecular flexibility index (Phi) is 7.71. The molecule has 4 heteroatoms. The van der Waals surface area contributed by atoms with E-state index >= 15 is 0 Å². The summed E-state index contributed by atoms with van der Waals surface area (Å²) < 4.78 is 12.5. The lowest BCUT2D eigenvalue weighted by molar-refractivity contribution is -0.0581. The Morgan fingerprint density at radius 3 is 2.48 bits per heavy atom. The Labute approximate surface area is 167 Å². The maximum Gasteiger partial charge on any atom is 0.191 e. The molecule has 1 aliphatic carbocycles. The number of ether oxygens (including phenoxy) is 1. The molecule has 2 rings (SSSR count). The molecule has 0 aromatic heterocycles. The molecule has 0 saturated heterocycles. The minimum Gasteiger partial charge on any atom is -0.416 e. The smallest absolute Gasteiger partial charge is 0.191 e. The van der Waals surface area contributed by atoms with Crippen LogP contribution in [0.5, 0.6) is 0 Å². The van der Waals surface area contributed by atoms with Gasteiger partial charge in [-0.05, 0) is 48.4 Å². The highest BCUT2D eigenvalue weighted by Crippen LogP contribution is 2.45. The van der Waals surface area contributed by atoms with Crippen LogP contribution in [0.15, 0.2) is 30.3 Å². The summed E-state index contributed by atoms with van der Waals surface area (Å²) in [6.07, 6.45) is 3.84. The number of benzene rings is 1. The molecule has 154 valence electrons. The Morgan fingerprint density at radius 2 is 1.85 bits per heavy atom. The van der Waals surface area contributed by atoms with Crippen molar-refractivity contribution in [1.29, 1.82) is 0 Å². The maximum absolute atomic E-state index is 10.7. The molecule has 0 radical (unpaired) electrons. The van der Waals surface area contributed by atoms with Gasteiger partial charge in [0.05, 0.1) is 12.7 Å². The van der Waals surface area contributed by atoms with Gasteiger partial charge in [-0.3, -0.25) is 0 Å². The van der Waals surface area contributed by atoms with Crippen LogP contribution >= 0.6 is 0 Å². The third-order valence-electron chi connectivity index (χ3n) is 6.97. The molecule has 0 aliphatic heterocycles. The summed E-state index contributed by atoms with van der Waals surface area (Å²) in [5, 5.41) is 10.9. The Balaban J connectivity index is 1.92. The molecule has 0 amide bonds. The number of aliphatic hydroxyl groups is 1. The van der Waals surface area contributed by atoms with E-state index < -0.39 is 8.32 Å². The topological polar surface area (TPSA) is 38.7 Å². The van der Waals surface area contributed by atoms with Gasteiger partial charge < -0.3 is 14.3 Å². The standard InChI is InChI=1S/C23H40O3Si/c1-22(2,3)27(5,6)26-18-20-21(24)13-10-14-23(20,4)15-16-25-17-19-11-8-7-9-12-19/h7-9,11-12,20-21,24H,10,13-18H2,1-6H3/t20-,21?,23-/m0/s1. The van der Waals surface area contributed by atoms with Crippen LogP contribution in [0.2, 0.25) is 18.1 Å². The Bertz CT molecular complexity index is 567. The SMILES string of the molecule is CC(C)(C)[Si](C)(C)OC[C@H]1C(O)CCC[C@@]1(C)CCOCc1ccccc1. The summed E-state index contributed by atoms with van der Waals surface area (Å²) >= 11 is 0. The third-order valence-corrected chi connectivity index (χ3v) is 11.5. The molecular weight excluding hydrogens is 352 g/mol. The van der Waals surface area contributed by atoms with E-state index in [4.69, 9.17) is 9.16 Å². The van der Waals surface area contributed by atoms with Gasteiger partial charge in [0, 0.05) is 19.1 Å². The van der Waals surface area contributed by atoms with Crippen LogP contribution in [0.25, 0.3) is 0 Å². The highest BCUT2D eigenvalue weighted by Gasteiger charge is 2.44. The van der Waals surface area contributed by atoms with E-state index in [1.165, 1.54) is 5.56 Å². The molecule has 1 fully saturated rings. The molecule has 1 aliphatic rings. The molecule has 1 aromatic carbocycles. The zero-order valence-electron chi connectivity index (χ0n) is 18.3. The zero-order chi connectivity index (χ0) is 20.1. The summed E-state index contributed by atoms with van der Waals surface area (Å²) in [4.78, 5) is 0. The molecule has 0 spiro atoms. The van der Waals surface area contributed by atoms with Crippen molar-refractivity contribution in [3.63, 3.8) is 0 Å². The third kappa shape index (κ3) is 6.15. The monoisotopic (exact) mass is 392 g/mol. The van der Waals surface area contributed by atoms with Crippen molar-refractivity contribution in [2.75, 3.05) is 13.2 Å². The zero-order valence-corrected chi connectivity index (χ0v) is 19.3. The molecule has 1 aromatic rings. The highest BCUT2D eigenvalue weighted by atomic mass is 28.4. The van der Waals surface area contributed by atoms with Crippen molar-refractivity contribution in [2.24, 2.45) is 11.3 Å². The predicted molar refractivity (Wildman–Crippen MR) is 115 cm³/mol. The van der Waals surface area contributed by atoms with E-state index in [0.29, 0.717) is 13.2 Å². The molecular formula is C23H40O3Si. The van der Waals surface area contributed by atoms with Crippen LogP contribution in [-0.4, -0.2) is 32.7 Å². The number of hydrogen-bond acceptors (Lipinski definition) is 3. The van der Waals surface area contributed by atoms with Crippen LogP contribution in [0, 0.1) is 11.3 Å².